The zero-order valence-corrected chi connectivity index (χ0v) is 20.3. The molecule has 0 unspecified atom stereocenters. The highest BCUT2D eigenvalue weighted by Gasteiger charge is 2.31. The Hall–Kier alpha value is -3.65. The largest absolute Gasteiger partial charge is 0.406 e. The van der Waals surface area contributed by atoms with Crippen molar-refractivity contribution in [2.24, 2.45) is 4.99 Å². The van der Waals surface area contributed by atoms with Gasteiger partial charge < -0.3 is 19.3 Å². The van der Waals surface area contributed by atoms with Crippen LogP contribution in [0.15, 0.2) is 45.5 Å². The van der Waals surface area contributed by atoms with Gasteiger partial charge in [0.25, 0.3) is 5.91 Å². The predicted octanol–water partition coefficient (Wildman–Crippen LogP) is 4.39. The number of rotatable bonds is 6. The first-order chi connectivity index (χ1) is 17.7. The van der Waals surface area contributed by atoms with Crippen molar-refractivity contribution >= 4 is 39.5 Å². The summed E-state index contributed by atoms with van der Waals surface area (Å²) in [5, 5.41) is 6.85. The molecule has 194 valence electrons. The molecular weight excluding hydrogens is 514 g/mol. The smallest absolute Gasteiger partial charge is 0.342 e. The number of fused-ring (bicyclic) bond motifs is 1. The van der Waals surface area contributed by atoms with E-state index in [9.17, 15) is 22.4 Å². The third kappa shape index (κ3) is 5.54. The molecule has 4 heterocycles. The van der Waals surface area contributed by atoms with Crippen molar-refractivity contribution in [3.8, 4) is 11.5 Å². The number of nitrogens with one attached hydrogen (secondary N) is 1. The average molecular weight is 536 g/mol. The maximum Gasteiger partial charge on any atom is 0.406 e. The van der Waals surface area contributed by atoms with E-state index in [1.54, 1.807) is 12.1 Å². The minimum atomic E-state index is -4.53. The molecule has 0 saturated carbocycles. The number of likely N-dealkylation sites (tertiary alicyclic amines) is 1. The maximum absolute atomic E-state index is 14.6. The van der Waals surface area contributed by atoms with Crippen LogP contribution in [0.2, 0.25) is 0 Å². The van der Waals surface area contributed by atoms with Crippen LogP contribution in [0, 0.1) is 0 Å². The number of hydrogen-bond donors (Lipinski definition) is 1. The SMILES string of the molecule is CN1CCC(=Nc2cccc3c2cc(-c2noc(CNC(=O)c4cncs4)n2)n3CC(F)(F)F)[C@@H](F)C1. The Morgan fingerprint density at radius 2 is 2.19 bits per heavy atom. The molecule has 1 saturated heterocycles. The van der Waals surface area contributed by atoms with Crippen molar-refractivity contribution in [2.45, 2.75) is 31.9 Å². The van der Waals surface area contributed by atoms with E-state index in [0.717, 1.165) is 15.9 Å². The number of piperidine rings is 1. The van der Waals surface area contributed by atoms with Crippen LogP contribution in [0.25, 0.3) is 22.4 Å². The number of hydrogen-bond acceptors (Lipinski definition) is 8. The summed E-state index contributed by atoms with van der Waals surface area (Å²) in [6.45, 7) is -0.566. The van der Waals surface area contributed by atoms with Gasteiger partial charge in [0, 0.05) is 24.9 Å². The van der Waals surface area contributed by atoms with Crippen molar-refractivity contribution in [3.05, 3.63) is 46.7 Å². The summed E-state index contributed by atoms with van der Waals surface area (Å²) < 4.78 is 61.4. The maximum atomic E-state index is 14.6. The van der Waals surface area contributed by atoms with Gasteiger partial charge in [-0.2, -0.15) is 18.2 Å². The van der Waals surface area contributed by atoms with Gasteiger partial charge in [0.15, 0.2) is 6.17 Å². The third-order valence-electron chi connectivity index (χ3n) is 5.86. The monoisotopic (exact) mass is 535 g/mol. The number of alkyl halides is 4. The summed E-state index contributed by atoms with van der Waals surface area (Å²) >= 11 is 1.16. The predicted molar refractivity (Wildman–Crippen MR) is 129 cm³/mol. The number of carbonyl (C=O) groups is 1. The Morgan fingerprint density at radius 3 is 2.92 bits per heavy atom. The number of aromatic nitrogens is 4. The molecule has 4 aromatic rings. The molecule has 0 spiro atoms. The van der Waals surface area contributed by atoms with Crippen LogP contribution in [0.1, 0.15) is 22.0 Å². The first-order valence-electron chi connectivity index (χ1n) is 11.3. The van der Waals surface area contributed by atoms with E-state index >= 15 is 0 Å². The fourth-order valence-corrected chi connectivity index (χ4v) is 4.65. The molecule has 1 aromatic carbocycles. The van der Waals surface area contributed by atoms with Gasteiger partial charge >= 0.3 is 6.18 Å². The van der Waals surface area contributed by atoms with Gasteiger partial charge in [-0.15, -0.1) is 11.3 Å². The fraction of sp³-hybridized carbons (Fsp3) is 0.348. The van der Waals surface area contributed by atoms with Crippen molar-refractivity contribution in [2.75, 3.05) is 20.1 Å². The van der Waals surface area contributed by atoms with Gasteiger partial charge in [0.05, 0.1) is 40.9 Å². The first-order valence-corrected chi connectivity index (χ1v) is 12.1. The molecule has 37 heavy (non-hydrogen) atoms. The first kappa shape index (κ1) is 25.0. The van der Waals surface area contributed by atoms with Gasteiger partial charge in [-0.25, -0.2) is 4.39 Å². The number of aliphatic imine (C=N–C) groups is 1. The number of nitrogens with zero attached hydrogens (tertiary/aromatic N) is 6. The molecule has 0 bridgehead atoms. The Bertz CT molecular complexity index is 1450. The molecule has 1 aliphatic heterocycles. The van der Waals surface area contributed by atoms with Gasteiger partial charge in [-0.05, 0) is 25.2 Å². The molecule has 1 amide bonds. The number of amides is 1. The molecule has 1 N–H and O–H groups in total. The van der Waals surface area contributed by atoms with Crippen LogP contribution in [-0.4, -0.2) is 68.7 Å². The van der Waals surface area contributed by atoms with Crippen LogP contribution in [0.5, 0.6) is 0 Å². The highest BCUT2D eigenvalue weighted by atomic mass is 32.1. The third-order valence-corrected chi connectivity index (χ3v) is 6.63. The minimum Gasteiger partial charge on any atom is -0.342 e. The number of benzene rings is 1. The molecule has 1 atom stereocenters. The highest BCUT2D eigenvalue weighted by Crippen LogP contribution is 2.35. The van der Waals surface area contributed by atoms with E-state index in [0.29, 0.717) is 34.6 Å². The van der Waals surface area contributed by atoms with Crippen LogP contribution in [-0.2, 0) is 13.1 Å². The second-order valence-corrected chi connectivity index (χ2v) is 9.47. The molecule has 9 nitrogen and oxygen atoms in total. The van der Waals surface area contributed by atoms with Gasteiger partial charge in [0.1, 0.15) is 11.4 Å². The number of halogens is 4. The Kier molecular flexibility index (Phi) is 6.77. The molecular formula is C23H21F4N7O2S. The van der Waals surface area contributed by atoms with E-state index in [4.69, 9.17) is 4.52 Å². The second kappa shape index (κ2) is 10.0. The molecule has 0 radical (unpaired) electrons. The molecule has 1 aliphatic rings. The van der Waals surface area contributed by atoms with Gasteiger partial charge in [0.2, 0.25) is 11.7 Å². The molecule has 0 aliphatic carbocycles. The zero-order chi connectivity index (χ0) is 26.2. The lowest BCUT2D eigenvalue weighted by molar-refractivity contribution is -0.139. The lowest BCUT2D eigenvalue weighted by Gasteiger charge is -2.26. The second-order valence-electron chi connectivity index (χ2n) is 8.58. The minimum absolute atomic E-state index is 0.0174. The van der Waals surface area contributed by atoms with Crippen molar-refractivity contribution in [3.63, 3.8) is 0 Å². The fourth-order valence-electron chi connectivity index (χ4n) is 4.12. The van der Waals surface area contributed by atoms with Gasteiger partial charge in [-0.1, -0.05) is 11.2 Å². The Balaban J connectivity index is 1.49. The standard InChI is InChI=1S/C23H21F4N7O2S/c1-33-6-5-16(14(24)10-33)30-15-3-2-4-17-13(15)7-18(34(17)11-23(25,26)27)21-31-20(36-32-21)9-29-22(35)19-8-28-12-37-19/h2-4,7-8,12,14H,5-6,9-11H2,1H3,(H,29,35)/t14-/m0/s1. The van der Waals surface area contributed by atoms with Crippen molar-refractivity contribution in [1.29, 1.82) is 0 Å². The van der Waals surface area contributed by atoms with Crippen molar-refractivity contribution in [1.82, 2.24) is 29.9 Å². The van der Waals surface area contributed by atoms with Crippen LogP contribution in [0.3, 0.4) is 0 Å². The van der Waals surface area contributed by atoms with E-state index in [1.165, 1.54) is 23.8 Å². The van der Waals surface area contributed by atoms with Crippen LogP contribution < -0.4 is 5.32 Å². The molecule has 1 fully saturated rings. The molecule has 5 rings (SSSR count). The van der Waals surface area contributed by atoms with Gasteiger partial charge in [-0.3, -0.25) is 14.8 Å². The van der Waals surface area contributed by atoms with Crippen LogP contribution >= 0.6 is 11.3 Å². The normalized spacial score (nSPS) is 18.1. The quantitative estimate of drug-likeness (QED) is 0.368. The summed E-state index contributed by atoms with van der Waals surface area (Å²) in [4.78, 5) is 26.9. The lowest BCUT2D eigenvalue weighted by atomic mass is 10.1. The van der Waals surface area contributed by atoms with E-state index in [2.05, 4.69) is 25.4 Å². The van der Waals surface area contributed by atoms with E-state index in [1.807, 2.05) is 11.9 Å². The summed E-state index contributed by atoms with van der Waals surface area (Å²) in [5.41, 5.74) is 2.54. The zero-order valence-electron chi connectivity index (χ0n) is 19.5. The number of thiazole rings is 1. The number of carbonyl (C=O) groups excluding carboxylic acids is 1. The topological polar surface area (TPSA) is 101 Å². The Morgan fingerprint density at radius 1 is 1.35 bits per heavy atom. The van der Waals surface area contributed by atoms with E-state index < -0.39 is 24.8 Å². The van der Waals surface area contributed by atoms with E-state index in [-0.39, 0.29) is 36.0 Å². The highest BCUT2D eigenvalue weighted by molar-refractivity contribution is 7.11. The average Bonchev–Trinajstić information content (AvgIpc) is 3.59. The Labute approximate surface area is 211 Å². The lowest BCUT2D eigenvalue weighted by Crippen LogP contribution is -2.39. The summed E-state index contributed by atoms with van der Waals surface area (Å²) in [6.07, 6.45) is -3.96. The summed E-state index contributed by atoms with van der Waals surface area (Å²) in [5.74, 6) is -0.454. The van der Waals surface area contributed by atoms with Crippen molar-refractivity contribution < 1.29 is 26.9 Å². The molecule has 3 aromatic heterocycles. The summed E-state index contributed by atoms with van der Waals surface area (Å²) in [7, 11) is 1.82. The summed E-state index contributed by atoms with van der Waals surface area (Å²) in [6, 6.07) is 6.25. The molecule has 14 heteroatoms. The van der Waals surface area contributed by atoms with Crippen LogP contribution in [0.4, 0.5) is 23.2 Å².